The summed E-state index contributed by atoms with van der Waals surface area (Å²) in [5.41, 5.74) is 68.0. The zero-order valence-corrected chi connectivity index (χ0v) is 23.9. The van der Waals surface area contributed by atoms with E-state index >= 15 is 0 Å². The molecule has 0 heterocycles. The zero-order valence-electron chi connectivity index (χ0n) is 23.9. The van der Waals surface area contributed by atoms with E-state index in [1.807, 2.05) is 0 Å². The van der Waals surface area contributed by atoms with Crippen LogP contribution in [0.5, 0.6) is 0 Å². The van der Waals surface area contributed by atoms with Crippen molar-refractivity contribution in [1.82, 2.24) is 0 Å². The molecule has 288 valence electrons. The molecule has 16 amide bonds. The fraction of sp³-hybridized carbons (Fsp3) is 0. The lowest BCUT2D eigenvalue weighted by Gasteiger charge is -1.65. The van der Waals surface area contributed by atoms with Crippen molar-refractivity contribution in [2.45, 2.75) is 0 Å². The molecule has 0 saturated carbocycles. The minimum Gasteiger partial charge on any atom is -0.398 e. The van der Waals surface area contributed by atoms with Gasteiger partial charge in [0.25, 0.3) is 0 Å². The predicted octanol–water partition coefficient (Wildman–Crippen LogP) is -12.1. The van der Waals surface area contributed by atoms with Gasteiger partial charge in [-0.3, -0.25) is 17.3 Å². The summed E-state index contributed by atoms with van der Waals surface area (Å²) < 4.78 is 40.4. The van der Waals surface area contributed by atoms with Gasteiger partial charge < -0.3 is 132 Å². The summed E-state index contributed by atoms with van der Waals surface area (Å²) in [6, 6.07) is -6.67. The van der Waals surface area contributed by atoms with Crippen molar-refractivity contribution >= 4 is 77.8 Å². The van der Waals surface area contributed by atoms with Crippen LogP contribution in [0.4, 0.5) is 55.6 Å². The van der Waals surface area contributed by atoms with E-state index in [4.69, 9.17) is 78.5 Å². The van der Waals surface area contributed by atoms with E-state index in [0.29, 0.717) is 0 Å². The van der Waals surface area contributed by atoms with Crippen LogP contribution in [0.25, 0.3) is 0 Å². The first-order chi connectivity index (χ1) is 20.8. The molecule has 0 atom stereocenters. The summed E-state index contributed by atoms with van der Waals surface area (Å²) in [4.78, 5) is 72.0. The van der Waals surface area contributed by atoms with Gasteiger partial charge in [0.2, 0.25) is 0 Å². The van der Waals surface area contributed by atoms with Crippen LogP contribution in [0.3, 0.4) is 0 Å². The van der Waals surface area contributed by atoms with Gasteiger partial charge in [-0.2, -0.15) is 0 Å². The molecule has 40 heteroatoms. The molecule has 0 bridgehead atoms. The number of carbonyl (C=O) groups excluding carboxylic acids is 8. The Labute approximate surface area is 266 Å². The summed E-state index contributed by atoms with van der Waals surface area (Å²) in [6.07, 6.45) is 0. The van der Waals surface area contributed by atoms with E-state index in [9.17, 15) is 17.3 Å². The van der Waals surface area contributed by atoms with Crippen molar-refractivity contribution < 1.29 is 95.8 Å². The van der Waals surface area contributed by atoms with Crippen LogP contribution in [-0.4, -0.2) is 118 Å². The van der Waals surface area contributed by atoms with Crippen LogP contribution in [0.1, 0.15) is 0 Å². The van der Waals surface area contributed by atoms with Crippen LogP contribution < -0.4 is 91.7 Å². The average molecular weight is 736 g/mol. The highest BCUT2D eigenvalue weighted by Gasteiger charge is 1.98. The van der Waals surface area contributed by atoms with E-state index in [1.54, 1.807) is 0 Å². The van der Waals surface area contributed by atoms with Crippen molar-refractivity contribution in [1.29, 1.82) is 0 Å². The third-order valence-electron chi connectivity index (χ3n) is 0. The second-order valence-electron chi connectivity index (χ2n) is 4.46. The molecule has 40 N–H and O–H groups in total. The Morgan fingerprint density at radius 1 is 0.250 bits per heavy atom. The Bertz CT molecular complexity index is 558. The summed E-state index contributed by atoms with van der Waals surface area (Å²) in [7, 11) is -10.7. The smallest absolute Gasteiger partial charge is 0.398 e. The summed E-state index contributed by atoms with van der Waals surface area (Å²) in [6.45, 7) is 0. The lowest BCUT2D eigenvalue weighted by atomic mass is 10.3. The topological polar surface area (TPSA) is 715 Å². The van der Waals surface area contributed by atoms with Gasteiger partial charge in [0, 0.05) is 0 Å². The second kappa shape index (κ2) is 72.8. The number of nitrogens with two attached hydrogens (primary N) is 16. The first-order valence-corrected chi connectivity index (χ1v) is 9.19. The Kier molecular flexibility index (Phi) is 119. The molecule has 0 fully saturated rings. The number of hydrogen-bond donors (Lipinski definition) is 24. The molecule has 32 nitrogen and oxygen atoms in total. The molecule has 0 aliphatic rings. The third-order valence-corrected chi connectivity index (χ3v) is 0. The van der Waals surface area contributed by atoms with Crippen molar-refractivity contribution in [2.24, 2.45) is 91.7 Å². The van der Waals surface area contributed by atoms with E-state index in [2.05, 4.69) is 91.7 Å². The van der Waals surface area contributed by atoms with Crippen LogP contribution >= 0.6 is 0 Å². The zero-order chi connectivity index (χ0) is 42.9. The normalized spacial score (nSPS) is 6.25. The maximum atomic E-state index is 10.1. The maximum absolute atomic E-state index is 10.1. The largest absolute Gasteiger partial charge is 0.674 e. The van der Waals surface area contributed by atoms with Crippen LogP contribution in [-0.2, 0) is 0 Å². The standard InChI is InChI=1S/8CH4N2O.4BFH2O2/c12*2-1(3)4/h8*(H4,2,3,4);4*3-4H. The molecule has 0 spiro atoms. The number of primary amides is 16. The highest BCUT2D eigenvalue weighted by Crippen LogP contribution is 1.58. The molecule has 0 aliphatic heterocycles. The fourth-order valence-electron chi connectivity index (χ4n) is 0. The number of hydrogen-bond acceptors (Lipinski definition) is 16. The molecule has 0 aromatic carbocycles. The Morgan fingerprint density at radius 2 is 0.250 bits per heavy atom. The fourth-order valence-corrected chi connectivity index (χ4v) is 0. The van der Waals surface area contributed by atoms with E-state index in [-0.39, 0.29) is 0 Å². The lowest BCUT2D eigenvalue weighted by Crippen LogP contribution is -2.18. The van der Waals surface area contributed by atoms with Crippen molar-refractivity contribution in [3.05, 3.63) is 0 Å². The van der Waals surface area contributed by atoms with Crippen LogP contribution in [0.2, 0.25) is 0 Å². The Hall–Kier alpha value is -6.18. The SMILES string of the molecule is NC(N)=O.NC(N)=O.NC(N)=O.NC(N)=O.NC(N)=O.NC(N)=O.NC(N)=O.NC(N)=O.OB(O)F.OB(O)F.OB(O)F.OB(O)F. The van der Waals surface area contributed by atoms with Gasteiger partial charge in [-0.25, -0.2) is 38.4 Å². The van der Waals surface area contributed by atoms with Gasteiger partial charge in [-0.05, 0) is 0 Å². The lowest BCUT2D eigenvalue weighted by molar-refractivity contribution is 0.255. The van der Waals surface area contributed by atoms with Crippen LogP contribution in [0, 0.1) is 0 Å². The minimum atomic E-state index is -2.67. The van der Waals surface area contributed by atoms with Crippen molar-refractivity contribution in [3.63, 3.8) is 0 Å². The number of rotatable bonds is 0. The molecule has 0 saturated heterocycles. The second-order valence-corrected chi connectivity index (χ2v) is 4.46. The van der Waals surface area contributed by atoms with Gasteiger partial charge in [0.05, 0.1) is 0 Å². The van der Waals surface area contributed by atoms with E-state index < -0.39 is 77.8 Å². The first-order valence-electron chi connectivity index (χ1n) is 9.19. The summed E-state index contributed by atoms with van der Waals surface area (Å²) in [5.74, 6) is 0. The van der Waals surface area contributed by atoms with Gasteiger partial charge >= 0.3 is 77.8 Å². The Balaban J connectivity index is -0.0000000295. The molecule has 0 aromatic heterocycles. The number of halogens is 4. The minimum absolute atomic E-state index is 0.833. The van der Waals surface area contributed by atoms with Gasteiger partial charge in [0.1, 0.15) is 0 Å². The molecule has 0 aliphatic carbocycles. The average Bonchev–Trinajstić information content (AvgIpc) is 2.61. The molecule has 0 rings (SSSR count). The first kappa shape index (κ1) is 78.4. The number of carbonyl (C=O) groups is 8. The van der Waals surface area contributed by atoms with Crippen molar-refractivity contribution in [2.75, 3.05) is 0 Å². The van der Waals surface area contributed by atoms with E-state index in [0.717, 1.165) is 0 Å². The molecule has 0 radical (unpaired) electrons. The molecular weight excluding hydrogens is 695 g/mol. The number of urea groups is 8. The highest BCUT2D eigenvalue weighted by atomic mass is 19.1. The van der Waals surface area contributed by atoms with Crippen LogP contribution in [0.15, 0.2) is 0 Å². The third kappa shape index (κ3) is 1570. The summed E-state index contributed by atoms with van der Waals surface area (Å²) >= 11 is 0. The molecule has 48 heavy (non-hydrogen) atoms. The Morgan fingerprint density at radius 3 is 0.250 bits per heavy atom. The predicted molar refractivity (Wildman–Crippen MR) is 155 cm³/mol. The number of amides is 16. The molecule has 0 unspecified atom stereocenters. The van der Waals surface area contributed by atoms with Gasteiger partial charge in [0.15, 0.2) is 0 Å². The molecular formula is C8H40B4F4N16O16. The van der Waals surface area contributed by atoms with E-state index in [1.165, 1.54) is 0 Å². The van der Waals surface area contributed by atoms with Gasteiger partial charge in [-0.15, -0.1) is 0 Å². The summed E-state index contributed by atoms with van der Waals surface area (Å²) in [5, 5.41) is 55.6. The molecule has 0 aromatic rings. The van der Waals surface area contributed by atoms with Crippen molar-refractivity contribution in [3.8, 4) is 0 Å². The quantitative estimate of drug-likeness (QED) is 0.0811. The highest BCUT2D eigenvalue weighted by molar-refractivity contribution is 6.32. The maximum Gasteiger partial charge on any atom is 0.674 e. The van der Waals surface area contributed by atoms with Gasteiger partial charge in [-0.1, -0.05) is 0 Å². The monoisotopic (exact) mass is 736 g/mol.